The molecule has 0 atom stereocenters. The monoisotopic (exact) mass is 347 g/mol. The van der Waals surface area contributed by atoms with Crippen LogP contribution in [0, 0.1) is 0 Å². The lowest BCUT2D eigenvalue weighted by atomic mass is 10.1. The van der Waals surface area contributed by atoms with Gasteiger partial charge in [0.1, 0.15) is 0 Å². The standard InChI is InChI=1S/C14H19BrClNO2/c1-14(2,19)9-17(3)7-6-13(18)11-5-4-10(15)8-12(11)16/h4-5,8,19H,6-7,9H2,1-3H3. The normalized spacial score (nSPS) is 11.9. The van der Waals surface area contributed by atoms with Crippen molar-refractivity contribution < 1.29 is 9.90 Å². The van der Waals surface area contributed by atoms with Crippen LogP contribution in [0.2, 0.25) is 5.02 Å². The third-order valence-corrected chi connectivity index (χ3v) is 3.41. The van der Waals surface area contributed by atoms with Crippen LogP contribution in [0.25, 0.3) is 0 Å². The molecule has 3 nitrogen and oxygen atoms in total. The molecule has 0 saturated carbocycles. The van der Waals surface area contributed by atoms with E-state index in [0.29, 0.717) is 30.1 Å². The first-order valence-corrected chi connectivity index (χ1v) is 7.25. The molecular formula is C14H19BrClNO2. The number of ketones is 1. The summed E-state index contributed by atoms with van der Waals surface area (Å²) in [6, 6.07) is 5.25. The van der Waals surface area contributed by atoms with Gasteiger partial charge in [-0.3, -0.25) is 4.79 Å². The molecule has 0 aliphatic carbocycles. The molecule has 0 heterocycles. The first-order valence-electron chi connectivity index (χ1n) is 6.08. The van der Waals surface area contributed by atoms with Crippen molar-refractivity contribution in [1.29, 1.82) is 0 Å². The smallest absolute Gasteiger partial charge is 0.165 e. The predicted molar refractivity (Wildman–Crippen MR) is 81.9 cm³/mol. The fourth-order valence-corrected chi connectivity index (χ4v) is 2.66. The molecule has 0 unspecified atom stereocenters. The van der Waals surface area contributed by atoms with Crippen molar-refractivity contribution in [1.82, 2.24) is 4.90 Å². The van der Waals surface area contributed by atoms with Gasteiger partial charge in [-0.25, -0.2) is 0 Å². The number of halogens is 2. The number of nitrogens with zero attached hydrogens (tertiary/aromatic N) is 1. The molecule has 5 heteroatoms. The van der Waals surface area contributed by atoms with Crippen molar-refractivity contribution in [2.75, 3.05) is 20.1 Å². The lowest BCUT2D eigenvalue weighted by molar-refractivity contribution is 0.0437. The summed E-state index contributed by atoms with van der Waals surface area (Å²) in [4.78, 5) is 14.0. The Balaban J connectivity index is 2.56. The summed E-state index contributed by atoms with van der Waals surface area (Å²) in [6.45, 7) is 4.61. The number of Topliss-reactive ketones (excluding diaryl/α,β-unsaturated/α-hetero) is 1. The Bertz CT molecular complexity index is 457. The second-order valence-electron chi connectivity index (χ2n) is 5.35. The highest BCUT2D eigenvalue weighted by Crippen LogP contribution is 2.22. The van der Waals surface area contributed by atoms with Crippen LogP contribution in [0.1, 0.15) is 30.6 Å². The lowest BCUT2D eigenvalue weighted by Gasteiger charge is -2.25. The largest absolute Gasteiger partial charge is 0.389 e. The first kappa shape index (κ1) is 16.6. The Morgan fingerprint density at radius 2 is 2.11 bits per heavy atom. The second kappa shape index (κ2) is 6.84. The van der Waals surface area contributed by atoms with Crippen LogP contribution in [-0.4, -0.2) is 41.5 Å². The number of carbonyl (C=O) groups excluding carboxylic acids is 1. The van der Waals surface area contributed by atoms with Gasteiger partial charge in [-0.05, 0) is 39.1 Å². The summed E-state index contributed by atoms with van der Waals surface area (Å²) in [6.07, 6.45) is 0.383. The van der Waals surface area contributed by atoms with Gasteiger partial charge < -0.3 is 10.0 Å². The zero-order valence-electron chi connectivity index (χ0n) is 11.4. The van der Waals surface area contributed by atoms with Crippen LogP contribution in [0.3, 0.4) is 0 Å². The van der Waals surface area contributed by atoms with E-state index in [2.05, 4.69) is 15.9 Å². The van der Waals surface area contributed by atoms with Crippen molar-refractivity contribution in [2.24, 2.45) is 0 Å². The average Bonchev–Trinajstić information content (AvgIpc) is 2.23. The molecule has 1 aromatic rings. The zero-order chi connectivity index (χ0) is 14.6. The summed E-state index contributed by atoms with van der Waals surface area (Å²) in [5, 5.41) is 10.2. The van der Waals surface area contributed by atoms with Gasteiger partial charge in [0.05, 0.1) is 10.6 Å². The van der Waals surface area contributed by atoms with Crippen LogP contribution < -0.4 is 0 Å². The van der Waals surface area contributed by atoms with E-state index < -0.39 is 5.60 Å². The highest BCUT2D eigenvalue weighted by atomic mass is 79.9. The zero-order valence-corrected chi connectivity index (χ0v) is 13.8. The van der Waals surface area contributed by atoms with Gasteiger partial charge in [0.2, 0.25) is 0 Å². The molecule has 1 aromatic carbocycles. The molecule has 0 fully saturated rings. The maximum Gasteiger partial charge on any atom is 0.165 e. The minimum absolute atomic E-state index is 0.0140. The Morgan fingerprint density at radius 3 is 2.63 bits per heavy atom. The molecule has 0 aliphatic rings. The van der Waals surface area contributed by atoms with Gasteiger partial charge in [0.25, 0.3) is 0 Å². The van der Waals surface area contributed by atoms with Crippen LogP contribution in [-0.2, 0) is 0 Å². The average molecular weight is 349 g/mol. The van der Waals surface area contributed by atoms with Crippen molar-refractivity contribution in [3.63, 3.8) is 0 Å². The van der Waals surface area contributed by atoms with Crippen molar-refractivity contribution in [3.8, 4) is 0 Å². The molecule has 106 valence electrons. The number of benzene rings is 1. The maximum absolute atomic E-state index is 12.1. The third-order valence-electron chi connectivity index (χ3n) is 2.61. The maximum atomic E-state index is 12.1. The topological polar surface area (TPSA) is 40.5 Å². The van der Waals surface area contributed by atoms with Crippen molar-refractivity contribution in [2.45, 2.75) is 25.9 Å². The van der Waals surface area contributed by atoms with Crippen LogP contribution in [0.5, 0.6) is 0 Å². The van der Waals surface area contributed by atoms with Crippen LogP contribution in [0.4, 0.5) is 0 Å². The molecule has 0 aromatic heterocycles. The molecule has 0 aliphatic heterocycles. The van der Waals surface area contributed by atoms with E-state index in [9.17, 15) is 9.90 Å². The van der Waals surface area contributed by atoms with E-state index in [-0.39, 0.29) is 5.78 Å². The van der Waals surface area contributed by atoms with Gasteiger partial charge in [0.15, 0.2) is 5.78 Å². The minimum Gasteiger partial charge on any atom is -0.389 e. The lowest BCUT2D eigenvalue weighted by Crippen LogP contribution is -2.37. The van der Waals surface area contributed by atoms with E-state index in [1.807, 2.05) is 11.9 Å². The number of aliphatic hydroxyl groups is 1. The second-order valence-corrected chi connectivity index (χ2v) is 6.67. The molecule has 0 spiro atoms. The Labute approximate surface area is 127 Å². The number of likely N-dealkylation sites (N-methyl/N-ethyl adjacent to an activating group) is 1. The summed E-state index contributed by atoms with van der Waals surface area (Å²) >= 11 is 9.35. The third kappa shape index (κ3) is 6.04. The number of carbonyl (C=O) groups is 1. The van der Waals surface area contributed by atoms with Gasteiger partial charge in [0, 0.05) is 29.5 Å². The van der Waals surface area contributed by atoms with E-state index in [1.54, 1.807) is 32.0 Å². The van der Waals surface area contributed by atoms with Crippen LogP contribution >= 0.6 is 27.5 Å². The molecule has 0 amide bonds. The van der Waals surface area contributed by atoms with E-state index >= 15 is 0 Å². The molecule has 0 radical (unpaired) electrons. The molecule has 1 N–H and O–H groups in total. The molecule has 0 saturated heterocycles. The number of hydrogen-bond acceptors (Lipinski definition) is 3. The number of rotatable bonds is 6. The molecule has 19 heavy (non-hydrogen) atoms. The fourth-order valence-electron chi connectivity index (χ4n) is 1.88. The number of hydrogen-bond donors (Lipinski definition) is 1. The summed E-state index contributed by atoms with van der Waals surface area (Å²) in [5.41, 5.74) is -0.214. The quantitative estimate of drug-likeness (QED) is 0.801. The van der Waals surface area contributed by atoms with Crippen LogP contribution in [0.15, 0.2) is 22.7 Å². The SMILES string of the molecule is CN(CCC(=O)c1ccc(Br)cc1Cl)CC(C)(C)O. The minimum atomic E-state index is -0.757. The highest BCUT2D eigenvalue weighted by molar-refractivity contribution is 9.10. The van der Waals surface area contributed by atoms with E-state index in [4.69, 9.17) is 11.6 Å². The van der Waals surface area contributed by atoms with E-state index in [1.165, 1.54) is 0 Å². The van der Waals surface area contributed by atoms with Gasteiger partial charge in [-0.2, -0.15) is 0 Å². The summed E-state index contributed by atoms with van der Waals surface area (Å²) < 4.78 is 0.855. The highest BCUT2D eigenvalue weighted by Gasteiger charge is 2.17. The van der Waals surface area contributed by atoms with E-state index in [0.717, 1.165) is 4.47 Å². The Hall–Kier alpha value is -0.420. The van der Waals surface area contributed by atoms with Gasteiger partial charge >= 0.3 is 0 Å². The molecule has 0 bridgehead atoms. The van der Waals surface area contributed by atoms with Gasteiger partial charge in [-0.1, -0.05) is 27.5 Å². The summed E-state index contributed by atoms with van der Waals surface area (Å²) in [7, 11) is 1.88. The Morgan fingerprint density at radius 1 is 1.47 bits per heavy atom. The van der Waals surface area contributed by atoms with Gasteiger partial charge in [-0.15, -0.1) is 0 Å². The summed E-state index contributed by atoms with van der Waals surface area (Å²) in [5.74, 6) is 0.0140. The van der Waals surface area contributed by atoms with Crippen molar-refractivity contribution >= 4 is 33.3 Å². The Kier molecular flexibility index (Phi) is 5.99. The first-order chi connectivity index (χ1) is 8.69. The molecular weight excluding hydrogens is 330 g/mol. The fraction of sp³-hybridized carbons (Fsp3) is 0.500. The van der Waals surface area contributed by atoms with Crippen molar-refractivity contribution in [3.05, 3.63) is 33.3 Å². The molecule has 1 rings (SSSR count). The predicted octanol–water partition coefficient (Wildman–Crippen LogP) is 3.38.